The number of benzene rings is 3. The standard InChI is InChI=1S/C24H26N2O2/c1-4-28-22-13-9-8-12-21(22)26-24(27)23(19-10-6-5-7-11-19)25-20-15-14-17(2)18(3)16-20/h5-16,23,25H,4H2,1-3H3,(H,26,27)/t23-/m0/s1. The number of hydrogen-bond acceptors (Lipinski definition) is 3. The summed E-state index contributed by atoms with van der Waals surface area (Å²) in [5, 5.41) is 6.40. The highest BCUT2D eigenvalue weighted by molar-refractivity contribution is 5.98. The zero-order valence-electron chi connectivity index (χ0n) is 16.5. The molecule has 0 unspecified atom stereocenters. The number of ether oxygens (including phenoxy) is 1. The number of para-hydroxylation sites is 2. The number of carbonyl (C=O) groups excluding carboxylic acids is 1. The van der Waals surface area contributed by atoms with Crippen LogP contribution in [0.1, 0.15) is 29.7 Å². The Balaban J connectivity index is 1.88. The normalized spacial score (nSPS) is 11.5. The smallest absolute Gasteiger partial charge is 0.251 e. The zero-order chi connectivity index (χ0) is 19.9. The van der Waals surface area contributed by atoms with Crippen molar-refractivity contribution < 1.29 is 9.53 Å². The Kier molecular flexibility index (Phi) is 6.33. The molecule has 0 spiro atoms. The highest BCUT2D eigenvalue weighted by atomic mass is 16.5. The molecule has 0 aliphatic carbocycles. The van der Waals surface area contributed by atoms with Gasteiger partial charge in [0.25, 0.3) is 5.91 Å². The van der Waals surface area contributed by atoms with Crippen LogP contribution in [0.2, 0.25) is 0 Å². The molecule has 0 heterocycles. The lowest BCUT2D eigenvalue weighted by Gasteiger charge is -2.21. The lowest BCUT2D eigenvalue weighted by Crippen LogP contribution is -2.27. The number of hydrogen-bond donors (Lipinski definition) is 2. The van der Waals surface area contributed by atoms with Gasteiger partial charge in [0.2, 0.25) is 0 Å². The molecule has 2 N–H and O–H groups in total. The molecule has 1 amide bonds. The van der Waals surface area contributed by atoms with Gasteiger partial charge >= 0.3 is 0 Å². The molecule has 4 nitrogen and oxygen atoms in total. The molecule has 3 aromatic carbocycles. The molecule has 0 fully saturated rings. The number of aryl methyl sites for hydroxylation is 2. The van der Waals surface area contributed by atoms with Crippen LogP contribution >= 0.6 is 0 Å². The van der Waals surface area contributed by atoms with Crippen molar-refractivity contribution in [2.75, 3.05) is 17.2 Å². The fourth-order valence-corrected chi connectivity index (χ4v) is 3.00. The van der Waals surface area contributed by atoms with Crippen LogP contribution < -0.4 is 15.4 Å². The third kappa shape index (κ3) is 4.71. The van der Waals surface area contributed by atoms with E-state index in [2.05, 4.69) is 36.6 Å². The maximum atomic E-state index is 13.2. The molecule has 3 aromatic rings. The van der Waals surface area contributed by atoms with Crippen LogP contribution in [0.3, 0.4) is 0 Å². The van der Waals surface area contributed by atoms with Crippen LogP contribution in [0.4, 0.5) is 11.4 Å². The Morgan fingerprint density at radius 3 is 2.36 bits per heavy atom. The van der Waals surface area contributed by atoms with Crippen molar-refractivity contribution >= 4 is 17.3 Å². The largest absolute Gasteiger partial charge is 0.492 e. The highest BCUT2D eigenvalue weighted by Gasteiger charge is 2.21. The van der Waals surface area contributed by atoms with Crippen molar-refractivity contribution in [3.63, 3.8) is 0 Å². The molecule has 0 aliphatic heterocycles. The first-order chi connectivity index (χ1) is 13.6. The topological polar surface area (TPSA) is 50.4 Å². The Morgan fingerprint density at radius 1 is 0.929 bits per heavy atom. The average molecular weight is 374 g/mol. The molecular formula is C24H26N2O2. The van der Waals surface area contributed by atoms with Gasteiger partial charge in [-0.1, -0.05) is 48.5 Å². The van der Waals surface area contributed by atoms with Gasteiger partial charge in [-0.15, -0.1) is 0 Å². The Hall–Kier alpha value is -3.27. The summed E-state index contributed by atoms with van der Waals surface area (Å²) in [6, 6.07) is 22.8. The third-order valence-electron chi connectivity index (χ3n) is 4.66. The van der Waals surface area contributed by atoms with E-state index in [4.69, 9.17) is 4.74 Å². The minimum Gasteiger partial charge on any atom is -0.492 e. The fourth-order valence-electron chi connectivity index (χ4n) is 3.00. The van der Waals surface area contributed by atoms with Gasteiger partial charge in [0.15, 0.2) is 0 Å². The summed E-state index contributed by atoms with van der Waals surface area (Å²) >= 11 is 0. The number of rotatable bonds is 7. The van der Waals surface area contributed by atoms with Gasteiger partial charge in [0.1, 0.15) is 11.8 Å². The maximum absolute atomic E-state index is 13.2. The molecule has 0 aliphatic rings. The predicted molar refractivity (Wildman–Crippen MR) is 115 cm³/mol. The van der Waals surface area contributed by atoms with E-state index in [0.29, 0.717) is 18.0 Å². The minimum atomic E-state index is -0.530. The van der Waals surface area contributed by atoms with Gasteiger partial charge in [0, 0.05) is 5.69 Å². The van der Waals surface area contributed by atoms with Crippen molar-refractivity contribution in [2.24, 2.45) is 0 Å². The molecule has 4 heteroatoms. The first-order valence-corrected chi connectivity index (χ1v) is 9.50. The van der Waals surface area contributed by atoms with Crippen LogP contribution in [-0.4, -0.2) is 12.5 Å². The molecule has 1 atom stereocenters. The van der Waals surface area contributed by atoms with Crippen LogP contribution in [0, 0.1) is 13.8 Å². The Bertz CT molecular complexity index is 938. The van der Waals surface area contributed by atoms with Crippen molar-refractivity contribution in [1.82, 2.24) is 0 Å². The van der Waals surface area contributed by atoms with Crippen molar-refractivity contribution in [2.45, 2.75) is 26.8 Å². The summed E-state index contributed by atoms with van der Waals surface area (Å²) in [7, 11) is 0. The van der Waals surface area contributed by atoms with Gasteiger partial charge in [-0.05, 0) is 61.7 Å². The summed E-state index contributed by atoms with van der Waals surface area (Å²) in [4.78, 5) is 13.2. The van der Waals surface area contributed by atoms with Gasteiger partial charge < -0.3 is 15.4 Å². The lowest BCUT2D eigenvalue weighted by atomic mass is 10.0. The van der Waals surface area contributed by atoms with Crippen LogP contribution in [0.15, 0.2) is 72.8 Å². The second kappa shape index (κ2) is 9.09. The summed E-state index contributed by atoms with van der Waals surface area (Å²) in [5.41, 5.74) is 4.87. The van der Waals surface area contributed by atoms with E-state index >= 15 is 0 Å². The summed E-state index contributed by atoms with van der Waals surface area (Å²) in [6.45, 7) is 6.60. The number of amides is 1. The lowest BCUT2D eigenvalue weighted by molar-refractivity contribution is -0.117. The molecule has 3 rings (SSSR count). The fraction of sp³-hybridized carbons (Fsp3) is 0.208. The second-order valence-electron chi connectivity index (χ2n) is 6.71. The predicted octanol–water partition coefficient (Wildman–Crippen LogP) is 5.49. The average Bonchev–Trinajstić information content (AvgIpc) is 2.71. The van der Waals surface area contributed by atoms with Crippen molar-refractivity contribution in [3.8, 4) is 5.75 Å². The molecule has 28 heavy (non-hydrogen) atoms. The first-order valence-electron chi connectivity index (χ1n) is 9.50. The van der Waals surface area contributed by atoms with Crippen LogP contribution in [-0.2, 0) is 4.79 Å². The van der Waals surface area contributed by atoms with Gasteiger partial charge in [-0.25, -0.2) is 0 Å². The number of anilines is 2. The van der Waals surface area contributed by atoms with E-state index in [9.17, 15) is 4.79 Å². The number of carbonyl (C=O) groups is 1. The van der Waals surface area contributed by atoms with E-state index in [1.54, 1.807) is 0 Å². The van der Waals surface area contributed by atoms with Crippen molar-refractivity contribution in [3.05, 3.63) is 89.5 Å². The van der Waals surface area contributed by atoms with E-state index in [1.165, 1.54) is 11.1 Å². The van der Waals surface area contributed by atoms with Crippen LogP contribution in [0.5, 0.6) is 5.75 Å². The third-order valence-corrected chi connectivity index (χ3v) is 4.66. The van der Waals surface area contributed by atoms with E-state index in [-0.39, 0.29) is 5.91 Å². The van der Waals surface area contributed by atoms with E-state index < -0.39 is 6.04 Å². The van der Waals surface area contributed by atoms with Crippen molar-refractivity contribution in [1.29, 1.82) is 0 Å². The second-order valence-corrected chi connectivity index (χ2v) is 6.71. The monoisotopic (exact) mass is 374 g/mol. The molecule has 0 bridgehead atoms. The van der Waals surface area contributed by atoms with E-state index in [1.807, 2.05) is 67.6 Å². The Labute approximate surface area is 166 Å². The molecule has 0 aromatic heterocycles. The minimum absolute atomic E-state index is 0.142. The summed E-state index contributed by atoms with van der Waals surface area (Å²) < 4.78 is 5.64. The van der Waals surface area contributed by atoms with Crippen LogP contribution in [0.25, 0.3) is 0 Å². The van der Waals surface area contributed by atoms with E-state index in [0.717, 1.165) is 11.3 Å². The molecular weight excluding hydrogens is 348 g/mol. The van der Waals surface area contributed by atoms with Gasteiger partial charge in [-0.2, -0.15) is 0 Å². The Morgan fingerprint density at radius 2 is 1.64 bits per heavy atom. The molecule has 144 valence electrons. The zero-order valence-corrected chi connectivity index (χ0v) is 16.5. The molecule has 0 radical (unpaired) electrons. The maximum Gasteiger partial charge on any atom is 0.251 e. The quantitative estimate of drug-likeness (QED) is 0.574. The summed E-state index contributed by atoms with van der Waals surface area (Å²) in [5.74, 6) is 0.521. The summed E-state index contributed by atoms with van der Waals surface area (Å²) in [6.07, 6.45) is 0. The van der Waals surface area contributed by atoms with Gasteiger partial charge in [-0.3, -0.25) is 4.79 Å². The van der Waals surface area contributed by atoms with Gasteiger partial charge in [0.05, 0.1) is 12.3 Å². The molecule has 0 saturated heterocycles. The highest BCUT2D eigenvalue weighted by Crippen LogP contribution is 2.27. The number of nitrogens with one attached hydrogen (secondary N) is 2. The first kappa shape index (κ1) is 19.5. The molecule has 0 saturated carbocycles. The SMILES string of the molecule is CCOc1ccccc1NC(=O)[C@@H](Nc1ccc(C)c(C)c1)c1ccccc1.